The van der Waals surface area contributed by atoms with Gasteiger partial charge in [0.25, 0.3) is 5.91 Å². The van der Waals surface area contributed by atoms with Gasteiger partial charge in [0.1, 0.15) is 12.3 Å². The molecule has 8 heteroatoms. The highest BCUT2D eigenvalue weighted by molar-refractivity contribution is 6.00. The van der Waals surface area contributed by atoms with Crippen molar-refractivity contribution in [2.24, 2.45) is 0 Å². The molecule has 0 spiro atoms. The minimum Gasteiger partial charge on any atom is -0.493 e. The standard InChI is InChI=1S/C32H34N4O4/c1-38-27-21-25(13-14-26(27)40-22-23-9-4-2-5-10-23)31-28-29(24-11-6-3-7-12-24)33-34-30(28)32(37)36(31)16-8-15-35-17-19-39-20-18-35/h2-7,9-14,21,31H,8,15-20,22H2,1H3,(H,33,34). The molecule has 1 N–H and O–H groups in total. The van der Waals surface area contributed by atoms with Crippen molar-refractivity contribution in [1.82, 2.24) is 20.0 Å². The van der Waals surface area contributed by atoms with Crippen LogP contribution in [0, 0.1) is 0 Å². The Hall–Kier alpha value is -4.14. The van der Waals surface area contributed by atoms with E-state index in [0.29, 0.717) is 30.3 Å². The van der Waals surface area contributed by atoms with Crippen LogP contribution in [0.3, 0.4) is 0 Å². The molecular formula is C32H34N4O4. The SMILES string of the molecule is COc1cc(C2c3c(-c4ccccc4)n[nH]c3C(=O)N2CCCN2CCOCC2)ccc1OCc1ccccc1. The van der Waals surface area contributed by atoms with Crippen molar-refractivity contribution in [1.29, 1.82) is 0 Å². The molecule has 40 heavy (non-hydrogen) atoms. The van der Waals surface area contributed by atoms with E-state index in [0.717, 1.165) is 67.2 Å². The topological polar surface area (TPSA) is 79.9 Å². The van der Waals surface area contributed by atoms with E-state index in [4.69, 9.17) is 14.2 Å². The molecule has 1 saturated heterocycles. The number of carbonyl (C=O) groups is 1. The summed E-state index contributed by atoms with van der Waals surface area (Å²) in [7, 11) is 1.65. The number of fused-ring (bicyclic) bond motifs is 1. The second-order valence-electron chi connectivity index (χ2n) is 10.1. The van der Waals surface area contributed by atoms with Gasteiger partial charge in [-0.3, -0.25) is 14.8 Å². The van der Waals surface area contributed by atoms with Crippen molar-refractivity contribution in [3.05, 3.63) is 101 Å². The third-order valence-electron chi connectivity index (χ3n) is 7.63. The van der Waals surface area contributed by atoms with Crippen molar-refractivity contribution in [2.75, 3.05) is 46.5 Å². The highest BCUT2D eigenvalue weighted by Gasteiger charge is 2.42. The van der Waals surface area contributed by atoms with E-state index in [9.17, 15) is 4.79 Å². The van der Waals surface area contributed by atoms with Gasteiger partial charge in [0.15, 0.2) is 11.5 Å². The lowest BCUT2D eigenvalue weighted by molar-refractivity contribution is 0.0354. The Balaban J connectivity index is 1.31. The Labute approximate surface area is 234 Å². The number of amides is 1. The van der Waals surface area contributed by atoms with Gasteiger partial charge in [-0.25, -0.2) is 0 Å². The molecule has 0 aliphatic carbocycles. The maximum Gasteiger partial charge on any atom is 0.273 e. The van der Waals surface area contributed by atoms with Crippen LogP contribution < -0.4 is 9.47 Å². The molecule has 2 aliphatic rings. The number of hydrogen-bond acceptors (Lipinski definition) is 6. The first-order chi connectivity index (χ1) is 19.7. The summed E-state index contributed by atoms with van der Waals surface area (Å²) in [6.45, 7) is 5.39. The Bertz CT molecular complexity index is 1430. The molecule has 1 fully saturated rings. The van der Waals surface area contributed by atoms with E-state index in [-0.39, 0.29) is 11.9 Å². The lowest BCUT2D eigenvalue weighted by Crippen LogP contribution is -2.38. The zero-order valence-electron chi connectivity index (χ0n) is 22.7. The zero-order valence-corrected chi connectivity index (χ0v) is 22.7. The van der Waals surface area contributed by atoms with Crippen LogP contribution >= 0.6 is 0 Å². The lowest BCUT2D eigenvalue weighted by atomic mass is 9.95. The molecule has 8 nitrogen and oxygen atoms in total. The number of carbonyl (C=O) groups excluding carboxylic acids is 1. The number of aromatic amines is 1. The van der Waals surface area contributed by atoms with Gasteiger partial charge in [-0.1, -0.05) is 66.7 Å². The van der Waals surface area contributed by atoms with E-state index in [1.54, 1.807) is 7.11 Å². The zero-order chi connectivity index (χ0) is 27.3. The van der Waals surface area contributed by atoms with Crippen molar-refractivity contribution < 1.29 is 19.0 Å². The summed E-state index contributed by atoms with van der Waals surface area (Å²) < 4.78 is 17.4. The average molecular weight is 539 g/mol. The lowest BCUT2D eigenvalue weighted by Gasteiger charge is -2.30. The van der Waals surface area contributed by atoms with Crippen LogP contribution in [0.4, 0.5) is 0 Å². The van der Waals surface area contributed by atoms with Crippen molar-refractivity contribution >= 4 is 5.91 Å². The van der Waals surface area contributed by atoms with Crippen LogP contribution in [-0.4, -0.2) is 72.4 Å². The van der Waals surface area contributed by atoms with E-state index in [2.05, 4.69) is 15.1 Å². The fourth-order valence-electron chi connectivity index (χ4n) is 5.59. The summed E-state index contributed by atoms with van der Waals surface area (Å²) in [5.41, 5.74) is 5.27. The van der Waals surface area contributed by atoms with E-state index in [1.807, 2.05) is 83.8 Å². The molecule has 1 aromatic heterocycles. The van der Waals surface area contributed by atoms with Crippen molar-refractivity contribution in [3.63, 3.8) is 0 Å². The molecule has 3 heterocycles. The van der Waals surface area contributed by atoms with Gasteiger partial charge < -0.3 is 19.1 Å². The van der Waals surface area contributed by atoms with Gasteiger partial charge >= 0.3 is 0 Å². The first-order valence-corrected chi connectivity index (χ1v) is 13.8. The van der Waals surface area contributed by atoms with Gasteiger partial charge in [0, 0.05) is 37.3 Å². The molecule has 4 aromatic rings. The van der Waals surface area contributed by atoms with Crippen LogP contribution in [0.1, 0.15) is 39.6 Å². The Morgan fingerprint density at radius 3 is 2.45 bits per heavy atom. The monoisotopic (exact) mass is 538 g/mol. The van der Waals surface area contributed by atoms with Gasteiger partial charge in [0.05, 0.1) is 32.1 Å². The number of benzene rings is 3. The molecule has 206 valence electrons. The molecule has 3 aromatic carbocycles. The summed E-state index contributed by atoms with van der Waals surface area (Å²) in [6, 6.07) is 25.7. The number of hydrogen-bond donors (Lipinski definition) is 1. The van der Waals surface area contributed by atoms with Crippen LogP contribution in [-0.2, 0) is 11.3 Å². The first kappa shape index (κ1) is 26.1. The van der Waals surface area contributed by atoms with E-state index in [1.165, 1.54) is 0 Å². The number of nitrogens with one attached hydrogen (secondary N) is 1. The van der Waals surface area contributed by atoms with Gasteiger partial charge in [0.2, 0.25) is 0 Å². The van der Waals surface area contributed by atoms with Crippen LogP contribution in [0.15, 0.2) is 78.9 Å². The highest BCUT2D eigenvalue weighted by Crippen LogP contribution is 2.44. The molecule has 0 saturated carbocycles. The smallest absolute Gasteiger partial charge is 0.273 e. The summed E-state index contributed by atoms with van der Waals surface area (Å²) in [6.07, 6.45) is 0.871. The first-order valence-electron chi connectivity index (χ1n) is 13.8. The summed E-state index contributed by atoms with van der Waals surface area (Å²) >= 11 is 0. The van der Waals surface area contributed by atoms with Crippen molar-refractivity contribution in [3.8, 4) is 22.8 Å². The number of nitrogens with zero attached hydrogens (tertiary/aromatic N) is 3. The summed E-state index contributed by atoms with van der Waals surface area (Å²) in [5, 5.41) is 7.65. The van der Waals surface area contributed by atoms with Crippen LogP contribution in [0.2, 0.25) is 0 Å². The maximum atomic E-state index is 13.8. The quantitative estimate of drug-likeness (QED) is 0.308. The van der Waals surface area contributed by atoms with Gasteiger partial charge in [-0.05, 0) is 29.7 Å². The van der Waals surface area contributed by atoms with Crippen molar-refractivity contribution in [2.45, 2.75) is 19.1 Å². The molecule has 2 aliphatic heterocycles. The predicted octanol–water partition coefficient (Wildman–Crippen LogP) is 4.93. The highest BCUT2D eigenvalue weighted by atomic mass is 16.5. The van der Waals surface area contributed by atoms with Gasteiger partial charge in [-0.2, -0.15) is 5.10 Å². The molecule has 0 radical (unpaired) electrons. The number of rotatable bonds is 10. The summed E-state index contributed by atoms with van der Waals surface area (Å²) in [4.78, 5) is 18.1. The molecule has 1 atom stereocenters. The molecule has 1 unspecified atom stereocenters. The number of morpholine rings is 1. The minimum absolute atomic E-state index is 0.0278. The Kier molecular flexibility index (Phi) is 7.79. The average Bonchev–Trinajstić information content (AvgIpc) is 3.56. The Morgan fingerprint density at radius 1 is 0.950 bits per heavy atom. The fraction of sp³-hybridized carbons (Fsp3) is 0.312. The van der Waals surface area contributed by atoms with E-state index < -0.39 is 0 Å². The number of H-pyrrole nitrogens is 1. The summed E-state index contributed by atoms with van der Waals surface area (Å²) in [5.74, 6) is 1.27. The number of aromatic nitrogens is 2. The third kappa shape index (κ3) is 5.33. The molecule has 0 bridgehead atoms. The van der Waals surface area contributed by atoms with E-state index >= 15 is 0 Å². The fourth-order valence-corrected chi connectivity index (χ4v) is 5.59. The Morgan fingerprint density at radius 2 is 1.70 bits per heavy atom. The number of ether oxygens (including phenoxy) is 3. The molecule has 1 amide bonds. The predicted molar refractivity (Wildman–Crippen MR) is 153 cm³/mol. The molecule has 6 rings (SSSR count). The molecular weight excluding hydrogens is 504 g/mol. The second-order valence-corrected chi connectivity index (χ2v) is 10.1. The second kappa shape index (κ2) is 11.9. The maximum absolute atomic E-state index is 13.8. The minimum atomic E-state index is -0.293. The van der Waals surface area contributed by atoms with Gasteiger partial charge in [-0.15, -0.1) is 0 Å². The largest absolute Gasteiger partial charge is 0.493 e. The normalized spacial score (nSPS) is 17.2. The third-order valence-corrected chi connectivity index (χ3v) is 7.63. The van der Waals surface area contributed by atoms with Crippen LogP contribution in [0.25, 0.3) is 11.3 Å². The number of methoxy groups -OCH3 is 1. The van der Waals surface area contributed by atoms with Crippen LogP contribution in [0.5, 0.6) is 11.5 Å².